The van der Waals surface area contributed by atoms with Crippen LogP contribution in [0.3, 0.4) is 0 Å². The van der Waals surface area contributed by atoms with Gasteiger partial charge in [0.1, 0.15) is 0 Å². The number of fused-ring (bicyclic) bond motifs is 1. The van der Waals surface area contributed by atoms with Crippen LogP contribution in [-0.2, 0) is 16.0 Å². The summed E-state index contributed by atoms with van der Waals surface area (Å²) in [4.78, 5) is 21.5. The second-order valence-electron chi connectivity index (χ2n) is 5.32. The van der Waals surface area contributed by atoms with Crippen molar-refractivity contribution in [3.63, 3.8) is 0 Å². The molecular formula is C16H22N2O4. The third kappa shape index (κ3) is 5.97. The Hall–Kier alpha value is -2.34. The molecule has 0 aromatic heterocycles. The quantitative estimate of drug-likeness (QED) is 0.727. The van der Waals surface area contributed by atoms with E-state index in [1.54, 1.807) is 0 Å². The highest BCUT2D eigenvalue weighted by Gasteiger charge is 2.19. The van der Waals surface area contributed by atoms with Gasteiger partial charge in [0.15, 0.2) is 0 Å². The molecule has 120 valence electrons. The number of aryl methyl sites for hydroxylation is 1. The first-order chi connectivity index (χ1) is 10.3. The highest BCUT2D eigenvalue weighted by Crippen LogP contribution is 2.28. The largest absolute Gasteiger partial charge is 0.478 e. The van der Waals surface area contributed by atoms with Crippen LogP contribution in [0.5, 0.6) is 0 Å². The third-order valence-electron chi connectivity index (χ3n) is 3.11. The number of carboxylic acids is 2. The second-order valence-corrected chi connectivity index (χ2v) is 5.32. The molecule has 0 amide bonds. The van der Waals surface area contributed by atoms with Crippen LogP contribution in [0.1, 0.15) is 18.1 Å². The SMILES string of the molecule is Cc1ccc2c(c1)N(CC(C)N)CC2.O=C(O)/C=C/C(=O)O. The van der Waals surface area contributed by atoms with Crippen molar-refractivity contribution >= 4 is 17.6 Å². The van der Waals surface area contributed by atoms with Crippen LogP contribution in [0.2, 0.25) is 0 Å². The maximum absolute atomic E-state index is 9.55. The standard InChI is InChI=1S/C12H18N2.C4H4O4/c1-9-3-4-11-5-6-14(8-10(2)13)12(11)7-9;5-3(6)1-2-4(7)8/h3-4,7,10H,5-6,8,13H2,1-2H3;1-2H,(H,5,6)(H,7,8)/b;2-1+. The van der Waals surface area contributed by atoms with Crippen molar-refractivity contribution in [1.29, 1.82) is 0 Å². The van der Waals surface area contributed by atoms with E-state index in [2.05, 4.69) is 36.9 Å². The fourth-order valence-corrected chi connectivity index (χ4v) is 2.24. The van der Waals surface area contributed by atoms with E-state index in [0.29, 0.717) is 12.2 Å². The van der Waals surface area contributed by atoms with Crippen LogP contribution in [-0.4, -0.2) is 41.3 Å². The predicted molar refractivity (Wildman–Crippen MR) is 85.2 cm³/mol. The van der Waals surface area contributed by atoms with Gasteiger partial charge in [0, 0.05) is 37.0 Å². The Kier molecular flexibility index (Phi) is 6.59. The Morgan fingerprint density at radius 1 is 1.32 bits per heavy atom. The van der Waals surface area contributed by atoms with E-state index in [1.807, 2.05) is 0 Å². The zero-order chi connectivity index (χ0) is 16.7. The highest BCUT2D eigenvalue weighted by atomic mass is 16.4. The number of hydrogen-bond acceptors (Lipinski definition) is 4. The molecule has 1 aromatic carbocycles. The van der Waals surface area contributed by atoms with E-state index in [4.69, 9.17) is 15.9 Å². The molecule has 1 atom stereocenters. The minimum atomic E-state index is -1.26. The van der Waals surface area contributed by atoms with Gasteiger partial charge in [-0.1, -0.05) is 12.1 Å². The molecule has 1 aromatic rings. The molecule has 22 heavy (non-hydrogen) atoms. The van der Waals surface area contributed by atoms with E-state index < -0.39 is 11.9 Å². The van der Waals surface area contributed by atoms with Crippen LogP contribution >= 0.6 is 0 Å². The lowest BCUT2D eigenvalue weighted by Gasteiger charge is -2.21. The molecule has 0 bridgehead atoms. The summed E-state index contributed by atoms with van der Waals surface area (Å²) >= 11 is 0. The van der Waals surface area contributed by atoms with Crippen LogP contribution in [0.25, 0.3) is 0 Å². The van der Waals surface area contributed by atoms with Gasteiger partial charge in [0.25, 0.3) is 0 Å². The third-order valence-corrected chi connectivity index (χ3v) is 3.11. The van der Waals surface area contributed by atoms with Crippen molar-refractivity contribution < 1.29 is 19.8 Å². The second kappa shape index (κ2) is 8.19. The van der Waals surface area contributed by atoms with Gasteiger partial charge in [0.2, 0.25) is 0 Å². The number of rotatable bonds is 4. The molecule has 0 saturated carbocycles. The maximum Gasteiger partial charge on any atom is 0.328 e. The van der Waals surface area contributed by atoms with Gasteiger partial charge in [-0.3, -0.25) is 0 Å². The zero-order valence-electron chi connectivity index (χ0n) is 12.8. The molecule has 0 radical (unpaired) electrons. The number of nitrogens with zero attached hydrogens (tertiary/aromatic N) is 1. The summed E-state index contributed by atoms with van der Waals surface area (Å²) < 4.78 is 0. The summed E-state index contributed by atoms with van der Waals surface area (Å²) in [6, 6.07) is 6.95. The first-order valence-corrected chi connectivity index (χ1v) is 7.03. The van der Waals surface area contributed by atoms with Crippen molar-refractivity contribution in [1.82, 2.24) is 0 Å². The number of hydrogen-bond donors (Lipinski definition) is 3. The molecule has 0 fully saturated rings. The summed E-state index contributed by atoms with van der Waals surface area (Å²) in [7, 11) is 0. The number of carbonyl (C=O) groups is 2. The number of carboxylic acid groups (broad SMARTS) is 2. The molecule has 2 rings (SSSR count). The van der Waals surface area contributed by atoms with Gasteiger partial charge in [-0.05, 0) is 37.5 Å². The van der Waals surface area contributed by atoms with Crippen LogP contribution in [0, 0.1) is 6.92 Å². The molecular weight excluding hydrogens is 284 g/mol. The van der Waals surface area contributed by atoms with Crippen LogP contribution in [0.15, 0.2) is 30.4 Å². The molecule has 0 aliphatic carbocycles. The molecule has 0 spiro atoms. The number of nitrogens with two attached hydrogens (primary N) is 1. The summed E-state index contributed by atoms with van der Waals surface area (Å²) in [5, 5.41) is 15.6. The lowest BCUT2D eigenvalue weighted by Crippen LogP contribution is -2.34. The average molecular weight is 306 g/mol. The molecule has 1 aliphatic heterocycles. The van der Waals surface area contributed by atoms with E-state index in [9.17, 15) is 9.59 Å². The lowest BCUT2D eigenvalue weighted by atomic mass is 10.1. The summed E-state index contributed by atoms with van der Waals surface area (Å²) in [6.07, 6.45) is 2.28. The molecule has 6 nitrogen and oxygen atoms in total. The Bertz CT molecular complexity index is 551. The molecule has 4 N–H and O–H groups in total. The minimum Gasteiger partial charge on any atom is -0.478 e. The smallest absolute Gasteiger partial charge is 0.328 e. The van der Waals surface area contributed by atoms with Crippen molar-refractivity contribution in [2.45, 2.75) is 26.3 Å². The zero-order valence-corrected chi connectivity index (χ0v) is 12.8. The van der Waals surface area contributed by atoms with Crippen LogP contribution in [0.4, 0.5) is 5.69 Å². The Balaban J connectivity index is 0.000000261. The first-order valence-electron chi connectivity index (χ1n) is 7.03. The summed E-state index contributed by atoms with van der Waals surface area (Å²) in [5.41, 5.74) is 10.0. The number of aliphatic carboxylic acids is 2. The highest BCUT2D eigenvalue weighted by molar-refractivity contribution is 5.89. The van der Waals surface area contributed by atoms with E-state index in [0.717, 1.165) is 13.1 Å². The van der Waals surface area contributed by atoms with Crippen molar-refractivity contribution in [2.24, 2.45) is 5.73 Å². The Morgan fingerprint density at radius 2 is 1.91 bits per heavy atom. The molecule has 1 heterocycles. The normalized spacial score (nSPS) is 14.2. The topological polar surface area (TPSA) is 104 Å². The van der Waals surface area contributed by atoms with Gasteiger partial charge in [-0.2, -0.15) is 0 Å². The first kappa shape index (κ1) is 17.7. The van der Waals surface area contributed by atoms with Crippen LogP contribution < -0.4 is 10.6 Å². The number of anilines is 1. The number of benzene rings is 1. The van der Waals surface area contributed by atoms with E-state index in [1.165, 1.54) is 23.2 Å². The fraction of sp³-hybridized carbons (Fsp3) is 0.375. The molecule has 6 heteroatoms. The monoisotopic (exact) mass is 306 g/mol. The van der Waals surface area contributed by atoms with Gasteiger partial charge in [-0.15, -0.1) is 0 Å². The fourth-order valence-electron chi connectivity index (χ4n) is 2.24. The Labute approximate surface area is 129 Å². The minimum absolute atomic E-state index is 0.251. The van der Waals surface area contributed by atoms with Crippen molar-refractivity contribution in [3.05, 3.63) is 41.5 Å². The maximum atomic E-state index is 9.55. The van der Waals surface area contributed by atoms with Gasteiger partial charge in [0.05, 0.1) is 0 Å². The molecule has 0 saturated heterocycles. The predicted octanol–water partition coefficient (Wildman–Crippen LogP) is 1.42. The van der Waals surface area contributed by atoms with Gasteiger partial charge in [-0.25, -0.2) is 9.59 Å². The molecule has 1 unspecified atom stereocenters. The van der Waals surface area contributed by atoms with E-state index >= 15 is 0 Å². The Morgan fingerprint density at radius 3 is 2.41 bits per heavy atom. The van der Waals surface area contributed by atoms with Gasteiger partial charge >= 0.3 is 11.9 Å². The molecule has 1 aliphatic rings. The summed E-state index contributed by atoms with van der Waals surface area (Å²) in [5.74, 6) is -2.51. The van der Waals surface area contributed by atoms with E-state index in [-0.39, 0.29) is 6.04 Å². The lowest BCUT2D eigenvalue weighted by molar-refractivity contribution is -0.134. The van der Waals surface area contributed by atoms with Crippen molar-refractivity contribution in [2.75, 3.05) is 18.0 Å². The van der Waals surface area contributed by atoms with Gasteiger partial charge < -0.3 is 20.8 Å². The summed E-state index contributed by atoms with van der Waals surface area (Å²) in [6.45, 7) is 6.30. The van der Waals surface area contributed by atoms with Crippen molar-refractivity contribution in [3.8, 4) is 0 Å². The average Bonchev–Trinajstić information content (AvgIpc) is 2.79.